The van der Waals surface area contributed by atoms with E-state index in [4.69, 9.17) is 4.74 Å². The first-order valence-corrected chi connectivity index (χ1v) is 10.8. The second kappa shape index (κ2) is 8.80. The van der Waals surface area contributed by atoms with Crippen molar-refractivity contribution in [3.63, 3.8) is 0 Å². The van der Waals surface area contributed by atoms with Crippen LogP contribution < -0.4 is 10.1 Å². The van der Waals surface area contributed by atoms with Crippen LogP contribution in [0.25, 0.3) is 0 Å². The fourth-order valence-corrected chi connectivity index (χ4v) is 4.74. The highest BCUT2D eigenvalue weighted by molar-refractivity contribution is 5.81. The number of benzene rings is 1. The van der Waals surface area contributed by atoms with Gasteiger partial charge in [-0.1, -0.05) is 6.07 Å². The van der Waals surface area contributed by atoms with Crippen molar-refractivity contribution < 1.29 is 18.3 Å². The molecule has 0 saturated carbocycles. The molecule has 1 saturated heterocycles. The summed E-state index contributed by atoms with van der Waals surface area (Å²) in [7, 11) is 0. The summed E-state index contributed by atoms with van der Waals surface area (Å²) in [5, 5.41) is 7.20. The van der Waals surface area contributed by atoms with E-state index >= 15 is 0 Å². The molecule has 9 heteroatoms. The molecular weight excluding hydrogens is 404 g/mol. The Hall–Kier alpha value is -2.71. The fraction of sp³-hybridized carbons (Fsp3) is 0.591. The number of carbonyl (C=O) groups is 1. The quantitative estimate of drug-likeness (QED) is 0.780. The van der Waals surface area contributed by atoms with Gasteiger partial charge in [-0.2, -0.15) is 10.1 Å². The maximum absolute atomic E-state index is 13.5. The average molecular weight is 434 g/mol. The van der Waals surface area contributed by atoms with Crippen molar-refractivity contribution in [3.8, 4) is 5.75 Å². The van der Waals surface area contributed by atoms with Gasteiger partial charge >= 0.3 is 0 Å². The van der Waals surface area contributed by atoms with E-state index in [1.54, 1.807) is 6.92 Å². The normalized spacial score (nSPS) is 22.7. The lowest BCUT2D eigenvalue weighted by Crippen LogP contribution is -2.48. The molecule has 2 aliphatic rings. The highest BCUT2D eigenvalue weighted by Crippen LogP contribution is 2.35. The smallest absolute Gasteiger partial charge is 0.263 e. The summed E-state index contributed by atoms with van der Waals surface area (Å²) in [6.45, 7) is 6.95. The molecule has 0 spiro atoms. The van der Waals surface area contributed by atoms with Gasteiger partial charge in [0.1, 0.15) is 18.1 Å². The summed E-state index contributed by atoms with van der Waals surface area (Å²) in [5.41, 5.74) is 2.18. The number of alkyl halides is 2. The number of anilines is 1. The summed E-state index contributed by atoms with van der Waals surface area (Å²) >= 11 is 0. The Morgan fingerprint density at radius 3 is 2.52 bits per heavy atom. The van der Waals surface area contributed by atoms with E-state index in [0.29, 0.717) is 31.2 Å². The summed E-state index contributed by atoms with van der Waals surface area (Å²) < 4.78 is 34.2. The van der Waals surface area contributed by atoms with Crippen LogP contribution in [0.4, 0.5) is 14.7 Å². The molecule has 0 aliphatic carbocycles. The number of aromatic nitrogens is 3. The Morgan fingerprint density at radius 1 is 1.19 bits per heavy atom. The van der Waals surface area contributed by atoms with Crippen LogP contribution in [0.1, 0.15) is 43.4 Å². The van der Waals surface area contributed by atoms with E-state index in [9.17, 15) is 13.6 Å². The third-order valence-corrected chi connectivity index (χ3v) is 6.26. The first kappa shape index (κ1) is 21.5. The topological polar surface area (TPSA) is 72.3 Å². The van der Waals surface area contributed by atoms with Gasteiger partial charge in [-0.3, -0.25) is 4.79 Å². The van der Waals surface area contributed by atoms with Gasteiger partial charge in [0.05, 0.1) is 0 Å². The van der Waals surface area contributed by atoms with Crippen LogP contribution in [-0.4, -0.2) is 57.2 Å². The molecular formula is C22H29F2N5O2. The molecule has 2 aromatic rings. The van der Waals surface area contributed by atoms with Gasteiger partial charge in [0.2, 0.25) is 5.95 Å². The standard InChI is InChI=1S/C22H29F2N5O2/c1-13-8-14(2)10-17(9-13)31-15(3)21(30)28-6-4-16(5-7-28)18-11-19(20(23)24)29-22(27-18)25-12-26-29/h8-10,12,15-16,18-20H,4-7,11H2,1-3H3,(H,25,26,27)/t15?,18-,19+/m0/s1. The van der Waals surface area contributed by atoms with Crippen molar-refractivity contribution in [3.05, 3.63) is 35.7 Å². The molecule has 1 fully saturated rings. The first-order valence-electron chi connectivity index (χ1n) is 10.8. The Labute approximate surface area is 180 Å². The number of piperidine rings is 1. The van der Waals surface area contributed by atoms with E-state index in [1.807, 2.05) is 30.9 Å². The van der Waals surface area contributed by atoms with Gasteiger partial charge < -0.3 is 15.0 Å². The van der Waals surface area contributed by atoms with Gasteiger partial charge in [0.15, 0.2) is 6.10 Å². The molecule has 2 aliphatic heterocycles. The lowest BCUT2D eigenvalue weighted by Gasteiger charge is -2.40. The molecule has 1 aromatic heterocycles. The Morgan fingerprint density at radius 2 is 1.87 bits per heavy atom. The maximum Gasteiger partial charge on any atom is 0.263 e. The van der Waals surface area contributed by atoms with Crippen LogP contribution >= 0.6 is 0 Å². The van der Waals surface area contributed by atoms with Crippen molar-refractivity contribution in [2.75, 3.05) is 18.4 Å². The predicted octanol–water partition coefficient (Wildman–Crippen LogP) is 3.59. The van der Waals surface area contributed by atoms with Crippen molar-refractivity contribution in [1.29, 1.82) is 0 Å². The lowest BCUT2D eigenvalue weighted by atomic mass is 9.85. The van der Waals surface area contributed by atoms with Gasteiger partial charge in [0, 0.05) is 19.1 Å². The van der Waals surface area contributed by atoms with Crippen molar-refractivity contribution in [1.82, 2.24) is 19.7 Å². The highest BCUT2D eigenvalue weighted by Gasteiger charge is 2.39. The number of ether oxygens (including phenoxy) is 1. The van der Waals surface area contributed by atoms with Crippen LogP contribution in [0.3, 0.4) is 0 Å². The van der Waals surface area contributed by atoms with Crippen LogP contribution in [-0.2, 0) is 4.79 Å². The van der Waals surface area contributed by atoms with Gasteiger partial charge in [0.25, 0.3) is 12.3 Å². The molecule has 1 aromatic carbocycles. The number of likely N-dealkylation sites (tertiary alicyclic amines) is 1. The summed E-state index contributed by atoms with van der Waals surface area (Å²) in [6.07, 6.45) is 0.0486. The molecule has 4 rings (SSSR count). The molecule has 168 valence electrons. The minimum atomic E-state index is -2.49. The van der Waals surface area contributed by atoms with E-state index in [1.165, 1.54) is 11.0 Å². The summed E-state index contributed by atoms with van der Waals surface area (Å²) in [6, 6.07) is 4.85. The minimum absolute atomic E-state index is 0.0422. The summed E-state index contributed by atoms with van der Waals surface area (Å²) in [4.78, 5) is 18.8. The number of carbonyl (C=O) groups excluding carboxylic acids is 1. The largest absolute Gasteiger partial charge is 0.481 e. The van der Waals surface area contributed by atoms with Gasteiger partial charge in [-0.15, -0.1) is 0 Å². The lowest BCUT2D eigenvalue weighted by molar-refractivity contribution is -0.139. The molecule has 31 heavy (non-hydrogen) atoms. The van der Waals surface area contributed by atoms with Crippen molar-refractivity contribution >= 4 is 11.9 Å². The number of nitrogens with one attached hydrogen (secondary N) is 1. The van der Waals surface area contributed by atoms with Crippen LogP contribution in [0, 0.1) is 19.8 Å². The number of hydrogen-bond acceptors (Lipinski definition) is 5. The Balaban J connectivity index is 1.33. The zero-order valence-corrected chi connectivity index (χ0v) is 18.1. The predicted molar refractivity (Wildman–Crippen MR) is 112 cm³/mol. The molecule has 1 N–H and O–H groups in total. The van der Waals surface area contributed by atoms with Crippen LogP contribution in [0.5, 0.6) is 5.75 Å². The number of amides is 1. The summed E-state index contributed by atoms with van der Waals surface area (Å²) in [5.74, 6) is 1.25. The monoisotopic (exact) mass is 433 g/mol. The zero-order valence-electron chi connectivity index (χ0n) is 18.1. The van der Waals surface area contributed by atoms with E-state index in [2.05, 4.69) is 21.5 Å². The molecule has 3 heterocycles. The Kier molecular flexibility index (Phi) is 6.11. The van der Waals surface area contributed by atoms with E-state index in [-0.39, 0.29) is 17.9 Å². The molecule has 3 atom stereocenters. The molecule has 7 nitrogen and oxygen atoms in total. The molecule has 0 radical (unpaired) electrons. The fourth-order valence-electron chi connectivity index (χ4n) is 4.74. The number of hydrogen-bond donors (Lipinski definition) is 1. The maximum atomic E-state index is 13.5. The zero-order chi connectivity index (χ0) is 22.1. The SMILES string of the molecule is Cc1cc(C)cc(OC(C)C(=O)N2CCC([C@@H]3C[C@H](C(F)F)n4ncnc4N3)CC2)c1. The number of halogens is 2. The first-order chi connectivity index (χ1) is 14.8. The van der Waals surface area contributed by atoms with Gasteiger partial charge in [-0.25, -0.2) is 13.5 Å². The molecule has 1 amide bonds. The van der Waals surface area contributed by atoms with Crippen molar-refractivity contribution in [2.24, 2.45) is 5.92 Å². The second-order valence-electron chi connectivity index (χ2n) is 8.66. The third kappa shape index (κ3) is 4.65. The average Bonchev–Trinajstić information content (AvgIpc) is 3.20. The molecule has 1 unspecified atom stereocenters. The van der Waals surface area contributed by atoms with Crippen LogP contribution in [0.15, 0.2) is 24.5 Å². The van der Waals surface area contributed by atoms with Crippen molar-refractivity contribution in [2.45, 2.75) is 64.6 Å². The third-order valence-electron chi connectivity index (χ3n) is 6.26. The number of aryl methyl sites for hydroxylation is 2. The minimum Gasteiger partial charge on any atom is -0.481 e. The van der Waals surface area contributed by atoms with E-state index in [0.717, 1.165) is 24.0 Å². The highest BCUT2D eigenvalue weighted by atomic mass is 19.3. The van der Waals surface area contributed by atoms with Gasteiger partial charge in [-0.05, 0) is 69.2 Å². The van der Waals surface area contributed by atoms with Crippen LogP contribution in [0.2, 0.25) is 0 Å². The second-order valence-corrected chi connectivity index (χ2v) is 8.66. The number of rotatable bonds is 5. The number of nitrogens with zero attached hydrogens (tertiary/aromatic N) is 4. The Bertz CT molecular complexity index is 906. The molecule has 0 bridgehead atoms. The van der Waals surface area contributed by atoms with E-state index < -0.39 is 18.6 Å². The number of fused-ring (bicyclic) bond motifs is 1.